The van der Waals surface area contributed by atoms with Crippen LogP contribution in [-0.2, 0) is 0 Å². The number of amides is 1. The molecule has 0 fully saturated rings. The first-order valence-electron chi connectivity index (χ1n) is 7.93. The minimum Gasteiger partial charge on any atom is -0.493 e. The molecule has 0 bridgehead atoms. The molecule has 0 aliphatic rings. The molecule has 26 heavy (non-hydrogen) atoms. The fraction of sp³-hybridized carbons (Fsp3) is 0.158. The van der Waals surface area contributed by atoms with E-state index in [9.17, 15) is 4.79 Å². The number of ether oxygens (including phenoxy) is 2. The third kappa shape index (κ3) is 3.81. The zero-order chi connectivity index (χ0) is 18.5. The summed E-state index contributed by atoms with van der Waals surface area (Å²) in [5, 5.41) is 3.15. The zero-order valence-corrected chi connectivity index (χ0v) is 15.0. The maximum absolute atomic E-state index is 12.6. The molecular weight excluding hydrogens is 356 g/mol. The minimum absolute atomic E-state index is 0.312. The normalized spacial score (nSPS) is 10.4. The van der Waals surface area contributed by atoms with Crippen LogP contribution in [0.15, 0.2) is 53.4 Å². The predicted octanol–water partition coefficient (Wildman–Crippen LogP) is 4.65. The van der Waals surface area contributed by atoms with Crippen LogP contribution in [0.1, 0.15) is 17.3 Å². The fourth-order valence-corrected chi connectivity index (χ4v) is 2.71. The van der Waals surface area contributed by atoms with E-state index >= 15 is 0 Å². The van der Waals surface area contributed by atoms with Crippen LogP contribution < -0.4 is 14.8 Å². The number of aromatic nitrogens is 1. The summed E-state index contributed by atoms with van der Waals surface area (Å²) in [7, 11) is 1.50. The molecule has 2 aromatic carbocycles. The highest BCUT2D eigenvalue weighted by atomic mass is 35.5. The first kappa shape index (κ1) is 17.8. The molecule has 0 unspecified atom stereocenters. The molecule has 1 amide bonds. The van der Waals surface area contributed by atoms with Gasteiger partial charge in [-0.3, -0.25) is 4.79 Å². The summed E-state index contributed by atoms with van der Waals surface area (Å²) in [6.07, 6.45) is 2.97. The van der Waals surface area contributed by atoms with Gasteiger partial charge in [-0.25, -0.2) is 4.98 Å². The molecule has 134 valence electrons. The summed E-state index contributed by atoms with van der Waals surface area (Å²) in [6, 6.07) is 10.4. The third-order valence-electron chi connectivity index (χ3n) is 3.62. The molecule has 6 nitrogen and oxygen atoms in total. The average molecular weight is 373 g/mol. The van der Waals surface area contributed by atoms with E-state index in [4.69, 9.17) is 25.5 Å². The number of nitrogens with one attached hydrogen (secondary N) is 1. The summed E-state index contributed by atoms with van der Waals surface area (Å²) in [4.78, 5) is 16.5. The van der Waals surface area contributed by atoms with E-state index in [1.54, 1.807) is 30.5 Å². The van der Waals surface area contributed by atoms with E-state index in [1.807, 2.05) is 19.1 Å². The van der Waals surface area contributed by atoms with E-state index in [0.717, 1.165) is 5.56 Å². The number of hydrogen-bond acceptors (Lipinski definition) is 5. The van der Waals surface area contributed by atoms with Gasteiger partial charge >= 0.3 is 0 Å². The van der Waals surface area contributed by atoms with Crippen LogP contribution >= 0.6 is 11.6 Å². The van der Waals surface area contributed by atoms with Gasteiger partial charge in [0.25, 0.3) is 5.91 Å². The Hall–Kier alpha value is -2.99. The molecule has 7 heteroatoms. The maximum atomic E-state index is 12.6. The molecular formula is C19H17ClN2O4. The fourth-order valence-electron chi connectivity index (χ4n) is 2.45. The second-order valence-corrected chi connectivity index (χ2v) is 5.73. The highest BCUT2D eigenvalue weighted by molar-refractivity contribution is 6.32. The molecule has 1 aromatic heterocycles. The quantitative estimate of drug-likeness (QED) is 0.681. The van der Waals surface area contributed by atoms with Crippen molar-refractivity contribution in [2.45, 2.75) is 6.92 Å². The Kier molecular flexibility index (Phi) is 5.43. The SMILES string of the molecule is CCOc1c(Cl)cc(C(=O)Nc2cccc(-c3cnco3)c2)cc1OC. The standard InChI is InChI=1S/C19H17ClN2O4/c1-3-25-18-15(20)8-13(9-16(18)24-2)19(23)22-14-6-4-5-12(7-14)17-10-21-11-26-17/h4-11H,3H2,1-2H3,(H,22,23). The number of halogens is 1. The lowest BCUT2D eigenvalue weighted by Crippen LogP contribution is -2.12. The van der Waals surface area contributed by atoms with Gasteiger partial charge in [-0.1, -0.05) is 23.7 Å². The lowest BCUT2D eigenvalue weighted by Gasteiger charge is -2.13. The van der Waals surface area contributed by atoms with Crippen LogP contribution in [0, 0.1) is 0 Å². The van der Waals surface area contributed by atoms with Crippen molar-refractivity contribution < 1.29 is 18.7 Å². The van der Waals surface area contributed by atoms with Gasteiger partial charge in [0.15, 0.2) is 23.7 Å². The Morgan fingerprint density at radius 3 is 2.85 bits per heavy atom. The third-order valence-corrected chi connectivity index (χ3v) is 3.90. The van der Waals surface area contributed by atoms with Crippen molar-refractivity contribution in [2.75, 3.05) is 19.0 Å². The summed E-state index contributed by atoms with van der Waals surface area (Å²) in [5.74, 6) is 1.12. The minimum atomic E-state index is -0.317. The smallest absolute Gasteiger partial charge is 0.255 e. The Morgan fingerprint density at radius 1 is 1.31 bits per heavy atom. The van der Waals surface area contributed by atoms with Crippen molar-refractivity contribution in [3.05, 3.63) is 59.6 Å². The first-order chi connectivity index (χ1) is 12.6. The van der Waals surface area contributed by atoms with Crippen molar-refractivity contribution >= 4 is 23.2 Å². The average Bonchev–Trinajstić information content (AvgIpc) is 3.18. The molecule has 0 radical (unpaired) electrons. The van der Waals surface area contributed by atoms with Gasteiger partial charge in [0, 0.05) is 16.8 Å². The number of nitrogens with zero attached hydrogens (tertiary/aromatic N) is 1. The number of methoxy groups -OCH3 is 1. The summed E-state index contributed by atoms with van der Waals surface area (Å²) in [6.45, 7) is 2.29. The van der Waals surface area contributed by atoms with Crippen molar-refractivity contribution in [1.82, 2.24) is 4.98 Å². The van der Waals surface area contributed by atoms with Crippen LogP contribution in [0.4, 0.5) is 5.69 Å². The van der Waals surface area contributed by atoms with Gasteiger partial charge < -0.3 is 19.2 Å². The number of rotatable bonds is 6. The topological polar surface area (TPSA) is 73.6 Å². The van der Waals surface area contributed by atoms with E-state index in [0.29, 0.717) is 40.1 Å². The van der Waals surface area contributed by atoms with Gasteiger partial charge in [-0.05, 0) is 31.2 Å². The van der Waals surface area contributed by atoms with Gasteiger partial charge in [-0.15, -0.1) is 0 Å². The van der Waals surface area contributed by atoms with Gasteiger partial charge in [0.2, 0.25) is 0 Å². The van der Waals surface area contributed by atoms with Gasteiger partial charge in [0.1, 0.15) is 0 Å². The molecule has 1 heterocycles. The number of carbonyl (C=O) groups is 1. The lowest BCUT2D eigenvalue weighted by atomic mass is 10.1. The number of hydrogen-bond donors (Lipinski definition) is 1. The van der Waals surface area contributed by atoms with E-state index in [1.165, 1.54) is 13.5 Å². The lowest BCUT2D eigenvalue weighted by molar-refractivity contribution is 0.102. The largest absolute Gasteiger partial charge is 0.493 e. The van der Waals surface area contributed by atoms with Crippen molar-refractivity contribution in [1.29, 1.82) is 0 Å². The van der Waals surface area contributed by atoms with E-state index < -0.39 is 0 Å². The van der Waals surface area contributed by atoms with E-state index in [2.05, 4.69) is 10.3 Å². The molecule has 3 rings (SSSR count). The van der Waals surface area contributed by atoms with Crippen LogP contribution in [-0.4, -0.2) is 24.6 Å². The second kappa shape index (κ2) is 7.93. The molecule has 0 saturated carbocycles. The van der Waals surface area contributed by atoms with E-state index in [-0.39, 0.29) is 5.91 Å². The maximum Gasteiger partial charge on any atom is 0.255 e. The summed E-state index contributed by atoms with van der Waals surface area (Å²) in [5.41, 5.74) is 1.79. The number of oxazole rings is 1. The van der Waals surface area contributed by atoms with Crippen LogP contribution in [0.2, 0.25) is 5.02 Å². The highest BCUT2D eigenvalue weighted by Gasteiger charge is 2.16. The predicted molar refractivity (Wildman–Crippen MR) is 99.1 cm³/mol. The number of anilines is 1. The Bertz CT molecular complexity index is 910. The van der Waals surface area contributed by atoms with Gasteiger partial charge in [0.05, 0.1) is 24.9 Å². The number of carbonyl (C=O) groups excluding carboxylic acids is 1. The van der Waals surface area contributed by atoms with Crippen molar-refractivity contribution in [3.8, 4) is 22.8 Å². The molecule has 0 spiro atoms. The van der Waals surface area contributed by atoms with Crippen LogP contribution in [0.3, 0.4) is 0 Å². The zero-order valence-electron chi connectivity index (χ0n) is 14.3. The molecule has 0 saturated heterocycles. The van der Waals surface area contributed by atoms with Gasteiger partial charge in [-0.2, -0.15) is 0 Å². The van der Waals surface area contributed by atoms with Crippen molar-refractivity contribution in [3.63, 3.8) is 0 Å². The first-order valence-corrected chi connectivity index (χ1v) is 8.30. The summed E-state index contributed by atoms with van der Waals surface area (Å²) >= 11 is 6.23. The molecule has 0 aliphatic heterocycles. The van der Waals surface area contributed by atoms with Crippen LogP contribution in [0.5, 0.6) is 11.5 Å². The Labute approximate surface area is 155 Å². The molecule has 1 N–H and O–H groups in total. The molecule has 0 atom stereocenters. The monoisotopic (exact) mass is 372 g/mol. The Balaban J connectivity index is 1.84. The number of benzene rings is 2. The Morgan fingerprint density at radius 2 is 2.15 bits per heavy atom. The highest BCUT2D eigenvalue weighted by Crippen LogP contribution is 2.36. The summed E-state index contributed by atoms with van der Waals surface area (Å²) < 4.78 is 16.0. The second-order valence-electron chi connectivity index (χ2n) is 5.32. The molecule has 3 aromatic rings. The van der Waals surface area contributed by atoms with Crippen molar-refractivity contribution in [2.24, 2.45) is 0 Å². The van der Waals surface area contributed by atoms with Crippen LogP contribution in [0.25, 0.3) is 11.3 Å². The molecule has 0 aliphatic carbocycles.